The first-order valence-corrected chi connectivity index (χ1v) is 13.1. The first kappa shape index (κ1) is 28.2. The summed E-state index contributed by atoms with van der Waals surface area (Å²) in [5.74, 6) is -1.84. The number of hydrogen-bond acceptors (Lipinski definition) is 12. The van der Waals surface area contributed by atoms with Gasteiger partial charge in [-0.15, -0.1) is 0 Å². The molecule has 0 aromatic carbocycles. The number of methoxy groups -OCH3 is 1. The van der Waals surface area contributed by atoms with Crippen LogP contribution < -0.4 is 0 Å². The van der Waals surface area contributed by atoms with Crippen molar-refractivity contribution in [2.75, 3.05) is 13.7 Å². The number of fused-ring (bicyclic) bond motifs is 3. The van der Waals surface area contributed by atoms with Crippen molar-refractivity contribution in [3.05, 3.63) is 35.8 Å². The Labute approximate surface area is 225 Å². The minimum Gasteiger partial charge on any atom is -0.472 e. The van der Waals surface area contributed by atoms with E-state index < -0.39 is 83.8 Å². The summed E-state index contributed by atoms with van der Waals surface area (Å²) in [5.41, 5.74) is -2.77. The van der Waals surface area contributed by atoms with Crippen LogP contribution >= 0.6 is 0 Å². The third-order valence-electron chi connectivity index (χ3n) is 9.60. The summed E-state index contributed by atoms with van der Waals surface area (Å²) in [5, 5.41) is 52.3. The lowest BCUT2D eigenvalue weighted by atomic mass is 9.44. The molecule has 5 N–H and O–H groups in total. The summed E-state index contributed by atoms with van der Waals surface area (Å²) in [6.07, 6.45) is -3.62. The van der Waals surface area contributed by atoms with Crippen molar-refractivity contribution in [2.45, 2.75) is 88.0 Å². The molecule has 5 rings (SSSR count). The van der Waals surface area contributed by atoms with Crippen LogP contribution in [0.5, 0.6) is 0 Å². The van der Waals surface area contributed by atoms with Gasteiger partial charge in [0.15, 0.2) is 11.9 Å². The van der Waals surface area contributed by atoms with Crippen LogP contribution in [0.25, 0.3) is 0 Å². The topological polar surface area (TPSA) is 185 Å². The second kappa shape index (κ2) is 9.95. The van der Waals surface area contributed by atoms with Gasteiger partial charge >= 0.3 is 11.9 Å². The average Bonchev–Trinajstić information content (AvgIpc) is 3.46. The van der Waals surface area contributed by atoms with E-state index in [1.54, 1.807) is 12.1 Å². The molecule has 2 aliphatic heterocycles. The van der Waals surface area contributed by atoms with E-state index in [9.17, 15) is 35.1 Å². The Hall–Kier alpha value is -2.32. The molecule has 2 aliphatic carbocycles. The second-order valence-corrected chi connectivity index (χ2v) is 11.6. The molecule has 12 heteroatoms. The molecule has 4 aliphatic rings. The van der Waals surface area contributed by atoms with Gasteiger partial charge in [0.05, 0.1) is 32.3 Å². The Bertz CT molecular complexity index is 1120. The van der Waals surface area contributed by atoms with Crippen molar-refractivity contribution in [2.24, 2.45) is 16.7 Å². The summed E-state index contributed by atoms with van der Waals surface area (Å²) in [7, 11) is 1.26. The zero-order chi connectivity index (χ0) is 28.3. The van der Waals surface area contributed by atoms with Crippen molar-refractivity contribution in [3.63, 3.8) is 0 Å². The van der Waals surface area contributed by atoms with Crippen molar-refractivity contribution in [1.82, 2.24) is 0 Å². The molecule has 0 amide bonds. The molecular formula is C27H36O12. The molecule has 1 aromatic heterocycles. The number of aliphatic hydroxyl groups is 5. The third-order valence-corrected chi connectivity index (χ3v) is 9.60. The van der Waals surface area contributed by atoms with Crippen molar-refractivity contribution in [1.29, 1.82) is 0 Å². The smallest absolute Gasteiger partial charge is 0.339 e. The van der Waals surface area contributed by atoms with Gasteiger partial charge in [-0.05, 0) is 43.7 Å². The van der Waals surface area contributed by atoms with Gasteiger partial charge < -0.3 is 48.9 Å². The van der Waals surface area contributed by atoms with Crippen molar-refractivity contribution >= 4 is 11.9 Å². The van der Waals surface area contributed by atoms with Crippen LogP contribution in [0.2, 0.25) is 0 Å². The molecule has 2 saturated heterocycles. The van der Waals surface area contributed by atoms with Gasteiger partial charge in [-0.3, -0.25) is 0 Å². The molecule has 39 heavy (non-hydrogen) atoms. The highest BCUT2D eigenvalue weighted by Gasteiger charge is 2.69. The van der Waals surface area contributed by atoms with E-state index in [1.807, 2.05) is 13.8 Å². The zero-order valence-corrected chi connectivity index (χ0v) is 22.1. The minimum absolute atomic E-state index is 0.0695. The van der Waals surface area contributed by atoms with E-state index in [-0.39, 0.29) is 19.3 Å². The van der Waals surface area contributed by atoms with Crippen LogP contribution in [0.3, 0.4) is 0 Å². The van der Waals surface area contributed by atoms with E-state index in [0.717, 1.165) is 0 Å². The maximum absolute atomic E-state index is 13.3. The van der Waals surface area contributed by atoms with Gasteiger partial charge in [0.1, 0.15) is 30.5 Å². The summed E-state index contributed by atoms with van der Waals surface area (Å²) in [4.78, 5) is 26.4. The lowest BCUT2D eigenvalue weighted by Gasteiger charge is -2.63. The number of esters is 2. The van der Waals surface area contributed by atoms with E-state index in [4.69, 9.17) is 23.4 Å². The largest absolute Gasteiger partial charge is 0.472 e. The van der Waals surface area contributed by atoms with Crippen LogP contribution in [0.15, 0.2) is 34.7 Å². The SMILES string of the molecule is COC(=O)C1=CC(OC2OC(CO)C(O)C(O)C2O)C[C@H]2[C@@]1(C)CC[C@]1(O)C(=O)OC(c3ccoc3)C[C@@]21C. The van der Waals surface area contributed by atoms with E-state index in [0.29, 0.717) is 17.6 Å². The monoisotopic (exact) mass is 552 g/mol. The maximum atomic E-state index is 13.3. The second-order valence-electron chi connectivity index (χ2n) is 11.6. The fourth-order valence-electron chi connectivity index (χ4n) is 7.21. The van der Waals surface area contributed by atoms with E-state index in [2.05, 4.69) is 0 Å². The number of ether oxygens (including phenoxy) is 4. The molecule has 3 heterocycles. The molecule has 11 atom stereocenters. The number of rotatable bonds is 5. The first-order valence-electron chi connectivity index (χ1n) is 13.1. The van der Waals surface area contributed by atoms with Crippen LogP contribution in [-0.2, 0) is 28.5 Å². The van der Waals surface area contributed by atoms with Gasteiger partial charge in [0.25, 0.3) is 0 Å². The standard InChI is InChI=1S/C27H36O12/c1-25-5-6-27(34)24(33)39-16(13-4-7-36-12-13)10-26(27,2)18(25)9-14(8-15(25)22(32)35-3)37-23-21(31)20(30)19(29)17(11-28)38-23/h4,7-8,12,14,16-21,23,28-31,34H,5-6,9-11H2,1-3H3/t14?,16?,17?,18-,19?,20?,21?,23?,25-,26-,27-/m0/s1. The molecule has 0 bridgehead atoms. The summed E-state index contributed by atoms with van der Waals surface area (Å²) >= 11 is 0. The number of carbonyl (C=O) groups is 2. The van der Waals surface area contributed by atoms with Crippen LogP contribution in [0.1, 0.15) is 51.2 Å². The molecule has 7 unspecified atom stereocenters. The van der Waals surface area contributed by atoms with Gasteiger partial charge in [-0.25, -0.2) is 9.59 Å². The predicted octanol–water partition coefficient (Wildman–Crippen LogP) is 0.109. The van der Waals surface area contributed by atoms with Gasteiger partial charge in [-0.2, -0.15) is 0 Å². The van der Waals surface area contributed by atoms with E-state index >= 15 is 0 Å². The summed E-state index contributed by atoms with van der Waals surface area (Å²) in [6.45, 7) is 3.10. The van der Waals surface area contributed by atoms with Crippen LogP contribution in [0, 0.1) is 16.7 Å². The fraction of sp³-hybridized carbons (Fsp3) is 0.704. The molecule has 0 spiro atoms. The predicted molar refractivity (Wildman–Crippen MR) is 129 cm³/mol. The number of carbonyl (C=O) groups excluding carboxylic acids is 2. The number of hydrogen-bond donors (Lipinski definition) is 5. The van der Waals surface area contributed by atoms with Crippen LogP contribution in [-0.4, -0.2) is 93.6 Å². The van der Waals surface area contributed by atoms with Gasteiger partial charge in [-0.1, -0.05) is 13.8 Å². The number of cyclic esters (lactones) is 1. The highest BCUT2D eigenvalue weighted by atomic mass is 16.7. The summed E-state index contributed by atoms with van der Waals surface area (Å²) in [6, 6.07) is 1.69. The molecule has 1 saturated carbocycles. The molecule has 3 fully saturated rings. The Morgan fingerprint density at radius 3 is 2.54 bits per heavy atom. The summed E-state index contributed by atoms with van der Waals surface area (Å²) < 4.78 is 27.6. The number of aliphatic hydroxyl groups excluding tert-OH is 4. The Kier molecular flexibility index (Phi) is 7.20. The molecule has 1 aromatic rings. The minimum atomic E-state index is -1.83. The van der Waals surface area contributed by atoms with Crippen LogP contribution in [0.4, 0.5) is 0 Å². The fourth-order valence-corrected chi connectivity index (χ4v) is 7.21. The Morgan fingerprint density at radius 2 is 1.90 bits per heavy atom. The van der Waals surface area contributed by atoms with Gasteiger partial charge in [0, 0.05) is 22.0 Å². The Balaban J connectivity index is 1.52. The Morgan fingerprint density at radius 1 is 1.15 bits per heavy atom. The quantitative estimate of drug-likeness (QED) is 0.311. The molecule has 216 valence electrons. The number of furan rings is 1. The zero-order valence-electron chi connectivity index (χ0n) is 22.1. The van der Waals surface area contributed by atoms with E-state index in [1.165, 1.54) is 19.6 Å². The highest BCUT2D eigenvalue weighted by Crippen LogP contribution is 2.66. The third kappa shape index (κ3) is 4.24. The maximum Gasteiger partial charge on any atom is 0.339 e. The van der Waals surface area contributed by atoms with Gasteiger partial charge in [0.2, 0.25) is 0 Å². The lowest BCUT2D eigenvalue weighted by molar-refractivity contribution is -0.312. The van der Waals surface area contributed by atoms with Crippen molar-refractivity contribution in [3.8, 4) is 0 Å². The molecule has 12 nitrogen and oxygen atoms in total. The van der Waals surface area contributed by atoms with Crippen molar-refractivity contribution < 1.29 is 58.5 Å². The normalized spacial score (nSPS) is 45.9. The molecule has 0 radical (unpaired) electrons. The average molecular weight is 553 g/mol. The first-order chi connectivity index (χ1) is 18.4. The highest BCUT2D eigenvalue weighted by molar-refractivity contribution is 5.91. The lowest BCUT2D eigenvalue weighted by Crippen LogP contribution is -2.68. The molecular weight excluding hydrogens is 516 g/mol.